The normalized spacial score (nSPS) is 13.8. The lowest BCUT2D eigenvalue weighted by Crippen LogP contribution is -2.49. The lowest BCUT2D eigenvalue weighted by molar-refractivity contribution is -0.135. The molecule has 0 bridgehead atoms. The van der Waals surface area contributed by atoms with Crippen LogP contribution in [0.15, 0.2) is 42.5 Å². The van der Waals surface area contributed by atoms with Crippen LogP contribution in [0.1, 0.15) is 17.4 Å². The largest absolute Gasteiger partial charge is 0.339 e. The molecule has 0 saturated carbocycles. The van der Waals surface area contributed by atoms with E-state index in [4.69, 9.17) is 17.3 Å². The van der Waals surface area contributed by atoms with Gasteiger partial charge in [-0.15, -0.1) is 11.3 Å². The monoisotopic (exact) mass is 308 g/mol. The molecule has 1 atom stereocenters. The molecule has 20 heavy (non-hydrogen) atoms. The van der Waals surface area contributed by atoms with E-state index in [1.165, 1.54) is 11.3 Å². The van der Waals surface area contributed by atoms with E-state index in [1.807, 2.05) is 42.5 Å². The van der Waals surface area contributed by atoms with Gasteiger partial charge in [-0.1, -0.05) is 41.9 Å². The van der Waals surface area contributed by atoms with Gasteiger partial charge in [0.15, 0.2) is 0 Å². The molecule has 2 rings (SSSR count). The second kappa shape index (κ2) is 5.95. The number of halogens is 1. The second-order valence-corrected chi connectivity index (χ2v) is 6.74. The van der Waals surface area contributed by atoms with Crippen molar-refractivity contribution in [1.82, 2.24) is 4.90 Å². The summed E-state index contributed by atoms with van der Waals surface area (Å²) < 4.78 is 0.722. The first-order valence-electron chi connectivity index (χ1n) is 6.25. The summed E-state index contributed by atoms with van der Waals surface area (Å²) in [7, 11) is 1.75. The van der Waals surface area contributed by atoms with Gasteiger partial charge < -0.3 is 10.6 Å². The molecule has 1 aromatic carbocycles. The average molecular weight is 309 g/mol. The van der Waals surface area contributed by atoms with E-state index in [9.17, 15) is 4.79 Å². The number of amides is 1. The third kappa shape index (κ3) is 3.20. The molecule has 0 fully saturated rings. The Morgan fingerprint density at radius 3 is 2.50 bits per heavy atom. The maximum atomic E-state index is 12.5. The third-order valence-corrected chi connectivity index (χ3v) is 4.40. The number of hydrogen-bond acceptors (Lipinski definition) is 3. The number of carbonyl (C=O) groups is 1. The molecule has 5 heteroatoms. The van der Waals surface area contributed by atoms with Crippen LogP contribution in [0, 0.1) is 0 Å². The Kier molecular flexibility index (Phi) is 4.48. The molecule has 1 unspecified atom stereocenters. The van der Waals surface area contributed by atoms with Crippen LogP contribution in [0.5, 0.6) is 0 Å². The summed E-state index contributed by atoms with van der Waals surface area (Å²) in [6.07, 6.45) is 0. The van der Waals surface area contributed by atoms with Crippen LogP contribution in [0.2, 0.25) is 4.34 Å². The molecule has 0 radical (unpaired) electrons. The summed E-state index contributed by atoms with van der Waals surface area (Å²) in [5.41, 5.74) is 6.00. The second-order valence-electron chi connectivity index (χ2n) is 4.94. The van der Waals surface area contributed by atoms with Crippen molar-refractivity contribution < 1.29 is 4.79 Å². The van der Waals surface area contributed by atoms with Crippen molar-refractivity contribution in [3.05, 3.63) is 57.2 Å². The van der Waals surface area contributed by atoms with E-state index < -0.39 is 5.54 Å². The lowest BCUT2D eigenvalue weighted by atomic mass is 9.92. The highest BCUT2D eigenvalue weighted by Crippen LogP contribution is 2.25. The summed E-state index contributed by atoms with van der Waals surface area (Å²) in [4.78, 5) is 15.2. The minimum Gasteiger partial charge on any atom is -0.339 e. The number of rotatable bonds is 4. The van der Waals surface area contributed by atoms with Crippen molar-refractivity contribution in [2.24, 2.45) is 5.73 Å². The van der Waals surface area contributed by atoms with Crippen molar-refractivity contribution >= 4 is 28.8 Å². The van der Waals surface area contributed by atoms with E-state index in [1.54, 1.807) is 18.9 Å². The number of nitrogens with zero attached hydrogens (tertiary/aromatic N) is 1. The van der Waals surface area contributed by atoms with Gasteiger partial charge in [-0.2, -0.15) is 0 Å². The highest BCUT2D eigenvalue weighted by molar-refractivity contribution is 7.16. The Balaban J connectivity index is 2.13. The Labute approximate surface area is 128 Å². The third-order valence-electron chi connectivity index (χ3n) is 3.19. The van der Waals surface area contributed by atoms with Gasteiger partial charge in [0.2, 0.25) is 5.91 Å². The summed E-state index contributed by atoms with van der Waals surface area (Å²) in [6, 6.07) is 13.2. The highest BCUT2D eigenvalue weighted by atomic mass is 35.5. The smallest absolute Gasteiger partial charge is 0.247 e. The minimum atomic E-state index is -1.03. The molecule has 0 saturated heterocycles. The van der Waals surface area contributed by atoms with Crippen LogP contribution in [0.25, 0.3) is 0 Å². The van der Waals surface area contributed by atoms with Crippen LogP contribution in [0.3, 0.4) is 0 Å². The number of likely N-dealkylation sites (N-methyl/N-ethyl adjacent to an activating group) is 1. The fourth-order valence-electron chi connectivity index (χ4n) is 2.05. The Bertz CT molecular complexity index is 595. The van der Waals surface area contributed by atoms with E-state index in [0.717, 1.165) is 14.8 Å². The Hall–Kier alpha value is -1.36. The van der Waals surface area contributed by atoms with Crippen molar-refractivity contribution in [2.75, 3.05) is 7.05 Å². The lowest BCUT2D eigenvalue weighted by Gasteiger charge is -2.29. The van der Waals surface area contributed by atoms with Crippen molar-refractivity contribution in [2.45, 2.75) is 19.0 Å². The molecule has 106 valence electrons. The summed E-state index contributed by atoms with van der Waals surface area (Å²) in [5, 5.41) is 0. The molecular weight excluding hydrogens is 292 g/mol. The first-order valence-corrected chi connectivity index (χ1v) is 7.45. The summed E-state index contributed by atoms with van der Waals surface area (Å²) in [6.45, 7) is 2.25. The van der Waals surface area contributed by atoms with Crippen molar-refractivity contribution in [3.8, 4) is 0 Å². The van der Waals surface area contributed by atoms with E-state index in [-0.39, 0.29) is 5.91 Å². The highest BCUT2D eigenvalue weighted by Gasteiger charge is 2.33. The number of nitrogens with two attached hydrogens (primary N) is 1. The van der Waals surface area contributed by atoms with E-state index >= 15 is 0 Å². The van der Waals surface area contributed by atoms with Gasteiger partial charge in [-0.05, 0) is 24.6 Å². The van der Waals surface area contributed by atoms with Crippen LogP contribution < -0.4 is 5.73 Å². The van der Waals surface area contributed by atoms with E-state index in [0.29, 0.717) is 6.54 Å². The van der Waals surface area contributed by atoms with Crippen molar-refractivity contribution in [3.63, 3.8) is 0 Å². The van der Waals surface area contributed by atoms with E-state index in [2.05, 4.69) is 0 Å². The number of carbonyl (C=O) groups excluding carboxylic acids is 1. The van der Waals surface area contributed by atoms with Gasteiger partial charge in [0.25, 0.3) is 0 Å². The number of benzene rings is 1. The van der Waals surface area contributed by atoms with Crippen molar-refractivity contribution in [1.29, 1.82) is 0 Å². The maximum absolute atomic E-state index is 12.5. The molecule has 3 nitrogen and oxygen atoms in total. The molecule has 2 aromatic rings. The zero-order chi connectivity index (χ0) is 14.8. The predicted octanol–water partition coefficient (Wildman–Crippen LogP) is 3.23. The number of hydrogen-bond donors (Lipinski definition) is 1. The van der Waals surface area contributed by atoms with Gasteiger partial charge in [-0.3, -0.25) is 4.79 Å². The fraction of sp³-hybridized carbons (Fsp3) is 0.267. The fourth-order valence-corrected chi connectivity index (χ4v) is 3.19. The topological polar surface area (TPSA) is 46.3 Å². The van der Waals surface area contributed by atoms with Crippen LogP contribution in [-0.2, 0) is 16.9 Å². The molecule has 1 heterocycles. The first kappa shape index (κ1) is 15.0. The molecule has 0 aliphatic carbocycles. The van der Waals surface area contributed by atoms with Gasteiger partial charge in [-0.25, -0.2) is 0 Å². The van der Waals surface area contributed by atoms with Crippen LogP contribution in [0.4, 0.5) is 0 Å². The van der Waals surface area contributed by atoms with Gasteiger partial charge in [0.05, 0.1) is 10.9 Å². The predicted molar refractivity (Wildman–Crippen MR) is 83.8 cm³/mol. The molecule has 0 aliphatic rings. The molecule has 2 N–H and O–H groups in total. The molecule has 1 amide bonds. The minimum absolute atomic E-state index is 0.117. The maximum Gasteiger partial charge on any atom is 0.247 e. The summed E-state index contributed by atoms with van der Waals surface area (Å²) >= 11 is 7.37. The van der Waals surface area contributed by atoms with Crippen LogP contribution in [-0.4, -0.2) is 17.9 Å². The first-order chi connectivity index (χ1) is 9.41. The Morgan fingerprint density at radius 1 is 1.30 bits per heavy atom. The quantitative estimate of drug-likeness (QED) is 0.942. The zero-order valence-electron chi connectivity index (χ0n) is 11.5. The SMILES string of the molecule is CN(Cc1ccc(Cl)s1)C(=O)C(C)(N)c1ccccc1. The molecule has 0 spiro atoms. The zero-order valence-corrected chi connectivity index (χ0v) is 13.0. The van der Waals surface area contributed by atoms with Gasteiger partial charge >= 0.3 is 0 Å². The summed E-state index contributed by atoms with van der Waals surface area (Å²) in [5.74, 6) is -0.117. The molecular formula is C15H17ClN2OS. The van der Waals surface area contributed by atoms with Crippen LogP contribution >= 0.6 is 22.9 Å². The molecule has 1 aromatic heterocycles. The van der Waals surface area contributed by atoms with Gasteiger partial charge in [0, 0.05) is 11.9 Å². The Morgan fingerprint density at radius 2 is 1.95 bits per heavy atom. The number of thiophene rings is 1. The van der Waals surface area contributed by atoms with Gasteiger partial charge in [0.1, 0.15) is 5.54 Å². The standard InChI is InChI=1S/C15H17ClN2OS/c1-15(17,11-6-4-3-5-7-11)14(19)18(2)10-12-8-9-13(16)20-12/h3-9H,10,17H2,1-2H3. The molecule has 0 aliphatic heterocycles. The average Bonchev–Trinajstić information content (AvgIpc) is 2.84.